The van der Waals surface area contributed by atoms with E-state index in [2.05, 4.69) is 19.1 Å². The Hall–Kier alpha value is -2.68. The average molecular weight is 364 g/mol. The summed E-state index contributed by atoms with van der Waals surface area (Å²) in [5.41, 5.74) is 4.14. The predicted molar refractivity (Wildman–Crippen MR) is 110 cm³/mol. The molecule has 2 aromatic carbocycles. The Morgan fingerprint density at radius 3 is 1.93 bits per heavy atom. The van der Waals surface area contributed by atoms with Gasteiger partial charge in [0.2, 0.25) is 0 Å². The van der Waals surface area contributed by atoms with Gasteiger partial charge in [-0.15, -0.1) is 0 Å². The molecule has 0 saturated carbocycles. The van der Waals surface area contributed by atoms with E-state index in [9.17, 15) is 5.11 Å². The molecule has 0 fully saturated rings. The third-order valence-electron chi connectivity index (χ3n) is 4.77. The van der Waals surface area contributed by atoms with Crippen LogP contribution in [0.4, 0.5) is 0 Å². The van der Waals surface area contributed by atoms with E-state index in [1.807, 2.05) is 24.3 Å². The molecule has 0 aliphatic heterocycles. The SMILES string of the molecule is CCCCCCCCOc1ccc(-c2cocc2-c2ccc(O)cc2)cc1. The summed E-state index contributed by atoms with van der Waals surface area (Å²) in [6.07, 6.45) is 11.1. The van der Waals surface area contributed by atoms with E-state index in [0.717, 1.165) is 41.0 Å². The average Bonchev–Trinajstić information content (AvgIpc) is 3.18. The number of phenolic OH excluding ortho intramolecular Hbond substituents is 1. The van der Waals surface area contributed by atoms with Crippen molar-refractivity contribution in [2.45, 2.75) is 45.4 Å². The van der Waals surface area contributed by atoms with Gasteiger partial charge in [-0.3, -0.25) is 0 Å². The van der Waals surface area contributed by atoms with Crippen molar-refractivity contribution in [3.05, 3.63) is 61.1 Å². The van der Waals surface area contributed by atoms with Gasteiger partial charge in [-0.1, -0.05) is 63.3 Å². The summed E-state index contributed by atoms with van der Waals surface area (Å²) in [6, 6.07) is 15.3. The van der Waals surface area contributed by atoms with E-state index >= 15 is 0 Å². The van der Waals surface area contributed by atoms with Crippen molar-refractivity contribution in [3.8, 4) is 33.8 Å². The summed E-state index contributed by atoms with van der Waals surface area (Å²) in [5.74, 6) is 1.16. The number of rotatable bonds is 10. The zero-order valence-corrected chi connectivity index (χ0v) is 16.0. The molecule has 0 bridgehead atoms. The van der Waals surface area contributed by atoms with Crippen LogP contribution in [0.15, 0.2) is 65.5 Å². The molecule has 3 aromatic rings. The van der Waals surface area contributed by atoms with Crippen molar-refractivity contribution >= 4 is 0 Å². The standard InChI is InChI=1S/C24H28O3/c1-2-3-4-5-6-7-16-27-22-14-10-20(11-15-22)24-18-26-17-23(24)19-8-12-21(25)13-9-19/h8-15,17-18,25H,2-7,16H2,1H3. The number of aromatic hydroxyl groups is 1. The van der Waals surface area contributed by atoms with Crippen molar-refractivity contribution in [3.63, 3.8) is 0 Å². The quantitative estimate of drug-likeness (QED) is 0.392. The predicted octanol–water partition coefficient (Wildman–Crippen LogP) is 7.06. The third kappa shape index (κ3) is 5.40. The Morgan fingerprint density at radius 2 is 1.30 bits per heavy atom. The highest BCUT2D eigenvalue weighted by atomic mass is 16.5. The topological polar surface area (TPSA) is 42.6 Å². The molecule has 0 spiro atoms. The van der Waals surface area contributed by atoms with E-state index < -0.39 is 0 Å². The lowest BCUT2D eigenvalue weighted by atomic mass is 9.99. The van der Waals surface area contributed by atoms with Crippen molar-refractivity contribution in [2.75, 3.05) is 6.61 Å². The third-order valence-corrected chi connectivity index (χ3v) is 4.77. The molecule has 3 nitrogen and oxygen atoms in total. The van der Waals surface area contributed by atoms with Gasteiger partial charge in [0.1, 0.15) is 11.5 Å². The van der Waals surface area contributed by atoms with Crippen LogP contribution < -0.4 is 4.74 Å². The minimum atomic E-state index is 0.260. The first kappa shape index (κ1) is 19.1. The minimum Gasteiger partial charge on any atom is -0.508 e. The second kappa shape index (κ2) is 9.86. The maximum absolute atomic E-state index is 9.48. The van der Waals surface area contributed by atoms with Gasteiger partial charge in [0.15, 0.2) is 0 Å². The fraction of sp³-hybridized carbons (Fsp3) is 0.333. The van der Waals surface area contributed by atoms with Crippen LogP contribution in [0.2, 0.25) is 0 Å². The van der Waals surface area contributed by atoms with Crippen LogP contribution in [-0.4, -0.2) is 11.7 Å². The number of unbranched alkanes of at least 4 members (excludes halogenated alkanes) is 5. The Bertz CT molecular complexity index is 800. The van der Waals surface area contributed by atoms with Gasteiger partial charge in [0.05, 0.1) is 19.1 Å². The minimum absolute atomic E-state index is 0.260. The molecule has 0 aliphatic rings. The van der Waals surface area contributed by atoms with E-state index in [1.54, 1.807) is 24.7 Å². The second-order valence-corrected chi connectivity index (χ2v) is 6.89. The van der Waals surface area contributed by atoms with E-state index in [0.29, 0.717) is 0 Å². The monoisotopic (exact) mass is 364 g/mol. The Balaban J connectivity index is 1.57. The zero-order valence-electron chi connectivity index (χ0n) is 16.0. The number of benzene rings is 2. The summed E-state index contributed by atoms with van der Waals surface area (Å²) in [5, 5.41) is 9.48. The highest BCUT2D eigenvalue weighted by Gasteiger charge is 2.10. The number of hydrogen-bond acceptors (Lipinski definition) is 3. The molecule has 0 radical (unpaired) electrons. The van der Waals surface area contributed by atoms with Crippen molar-refractivity contribution in [1.29, 1.82) is 0 Å². The van der Waals surface area contributed by atoms with Crippen molar-refractivity contribution in [1.82, 2.24) is 0 Å². The normalized spacial score (nSPS) is 10.9. The van der Waals surface area contributed by atoms with Gasteiger partial charge in [0.25, 0.3) is 0 Å². The summed E-state index contributed by atoms with van der Waals surface area (Å²) in [4.78, 5) is 0. The fourth-order valence-electron chi connectivity index (χ4n) is 3.19. The van der Waals surface area contributed by atoms with E-state index in [-0.39, 0.29) is 5.75 Å². The molecule has 0 unspecified atom stereocenters. The molecule has 3 heteroatoms. The number of furan rings is 1. The van der Waals surface area contributed by atoms with Gasteiger partial charge >= 0.3 is 0 Å². The van der Waals surface area contributed by atoms with Gasteiger partial charge in [-0.2, -0.15) is 0 Å². The van der Waals surface area contributed by atoms with Crippen LogP contribution in [0.25, 0.3) is 22.3 Å². The summed E-state index contributed by atoms with van der Waals surface area (Å²) in [7, 11) is 0. The summed E-state index contributed by atoms with van der Waals surface area (Å²) in [6.45, 7) is 3.01. The van der Waals surface area contributed by atoms with Crippen LogP contribution in [0.3, 0.4) is 0 Å². The van der Waals surface area contributed by atoms with Crippen molar-refractivity contribution < 1.29 is 14.3 Å². The van der Waals surface area contributed by atoms with Crippen molar-refractivity contribution in [2.24, 2.45) is 0 Å². The lowest BCUT2D eigenvalue weighted by molar-refractivity contribution is 0.304. The molecule has 142 valence electrons. The number of phenols is 1. The smallest absolute Gasteiger partial charge is 0.119 e. The molecule has 1 aromatic heterocycles. The molecule has 0 saturated heterocycles. The highest BCUT2D eigenvalue weighted by Crippen LogP contribution is 2.34. The van der Waals surface area contributed by atoms with Crippen LogP contribution in [0.5, 0.6) is 11.5 Å². The fourth-order valence-corrected chi connectivity index (χ4v) is 3.19. The second-order valence-electron chi connectivity index (χ2n) is 6.89. The van der Waals surface area contributed by atoms with Crippen LogP contribution >= 0.6 is 0 Å². The van der Waals surface area contributed by atoms with Crippen LogP contribution in [0, 0.1) is 0 Å². The molecular weight excluding hydrogens is 336 g/mol. The lowest BCUT2D eigenvalue weighted by Crippen LogP contribution is -1.97. The molecule has 0 amide bonds. The first-order valence-electron chi connectivity index (χ1n) is 9.87. The zero-order chi connectivity index (χ0) is 18.9. The van der Waals surface area contributed by atoms with Gasteiger partial charge in [0, 0.05) is 11.1 Å². The van der Waals surface area contributed by atoms with Gasteiger partial charge < -0.3 is 14.3 Å². The van der Waals surface area contributed by atoms with E-state index in [4.69, 9.17) is 9.15 Å². The van der Waals surface area contributed by atoms with Gasteiger partial charge in [-0.05, 0) is 41.8 Å². The van der Waals surface area contributed by atoms with E-state index in [1.165, 1.54) is 32.1 Å². The number of ether oxygens (including phenoxy) is 1. The first-order valence-corrected chi connectivity index (χ1v) is 9.87. The molecule has 0 atom stereocenters. The van der Waals surface area contributed by atoms with Gasteiger partial charge in [-0.25, -0.2) is 0 Å². The van der Waals surface area contributed by atoms with Crippen LogP contribution in [-0.2, 0) is 0 Å². The molecule has 1 N–H and O–H groups in total. The summed E-state index contributed by atoms with van der Waals surface area (Å²) >= 11 is 0. The molecule has 0 aliphatic carbocycles. The highest BCUT2D eigenvalue weighted by molar-refractivity contribution is 5.82. The number of hydrogen-bond donors (Lipinski definition) is 1. The maximum Gasteiger partial charge on any atom is 0.119 e. The van der Waals surface area contributed by atoms with Crippen LogP contribution in [0.1, 0.15) is 45.4 Å². The largest absolute Gasteiger partial charge is 0.508 e. The lowest BCUT2D eigenvalue weighted by Gasteiger charge is -2.08. The maximum atomic E-state index is 9.48. The Kier molecular flexibility index (Phi) is 6.97. The molecule has 3 rings (SSSR count). The Labute approximate surface area is 161 Å². The molecule has 1 heterocycles. The molecular formula is C24H28O3. The molecule has 27 heavy (non-hydrogen) atoms. The first-order chi connectivity index (χ1) is 13.3. The Morgan fingerprint density at radius 1 is 0.741 bits per heavy atom. The summed E-state index contributed by atoms with van der Waals surface area (Å²) < 4.78 is 11.3.